The molecule has 3 N–H and O–H groups in total. The number of hydrogen-bond donors (Lipinski definition) is 2. The standard InChI is InChI=1S/C12H13N5/c1-8-3-2-4-9(5-8)11-15-12-14-10(6-13)7-17(12)16-11/h2-5,7H,6,13H2,1H3,(H,14,15,16). The Morgan fingerprint density at radius 1 is 1.35 bits per heavy atom. The molecule has 0 aliphatic heterocycles. The molecule has 0 spiro atoms. The zero-order chi connectivity index (χ0) is 11.8. The van der Waals surface area contributed by atoms with Crippen LogP contribution in [0.15, 0.2) is 30.5 Å². The number of rotatable bonds is 2. The normalized spacial score (nSPS) is 11.2. The van der Waals surface area contributed by atoms with Gasteiger partial charge in [-0.3, -0.25) is 5.10 Å². The lowest BCUT2D eigenvalue weighted by molar-refractivity contribution is 0.958. The Morgan fingerprint density at radius 2 is 2.24 bits per heavy atom. The van der Waals surface area contributed by atoms with Gasteiger partial charge in [-0.2, -0.15) is 4.98 Å². The number of aromatic nitrogens is 4. The predicted molar refractivity (Wildman–Crippen MR) is 65.4 cm³/mol. The fourth-order valence-corrected chi connectivity index (χ4v) is 1.84. The summed E-state index contributed by atoms with van der Waals surface area (Å²) in [6.07, 6.45) is 1.86. The summed E-state index contributed by atoms with van der Waals surface area (Å²) in [5.41, 5.74) is 8.62. The minimum atomic E-state index is 0.428. The Kier molecular flexibility index (Phi) is 2.19. The molecule has 0 atom stereocenters. The minimum absolute atomic E-state index is 0.428. The number of nitrogens with two attached hydrogens (primary N) is 1. The summed E-state index contributed by atoms with van der Waals surface area (Å²) >= 11 is 0. The number of H-pyrrole nitrogens is 1. The number of nitrogens with zero attached hydrogens (tertiary/aromatic N) is 3. The van der Waals surface area contributed by atoms with Crippen LogP contribution >= 0.6 is 0 Å². The van der Waals surface area contributed by atoms with E-state index in [0.29, 0.717) is 12.3 Å². The smallest absolute Gasteiger partial charge is 0.251 e. The van der Waals surface area contributed by atoms with E-state index in [2.05, 4.69) is 34.1 Å². The molecule has 0 bridgehead atoms. The first-order valence-electron chi connectivity index (χ1n) is 5.47. The number of hydrogen-bond acceptors (Lipinski definition) is 3. The van der Waals surface area contributed by atoms with Gasteiger partial charge in [0.1, 0.15) is 0 Å². The maximum absolute atomic E-state index is 5.52. The molecule has 0 saturated carbocycles. The third-order valence-corrected chi connectivity index (χ3v) is 2.68. The first-order chi connectivity index (χ1) is 8.26. The highest BCUT2D eigenvalue weighted by atomic mass is 15.3. The maximum Gasteiger partial charge on any atom is 0.251 e. The molecule has 5 nitrogen and oxygen atoms in total. The van der Waals surface area contributed by atoms with E-state index in [4.69, 9.17) is 5.73 Å². The van der Waals surface area contributed by atoms with Crippen LogP contribution < -0.4 is 5.73 Å². The SMILES string of the molecule is Cc1cccc(-c2nc3nc(CN)cn3[nH]2)c1. The van der Waals surface area contributed by atoms with Gasteiger partial charge in [-0.1, -0.05) is 23.8 Å². The fraction of sp³-hybridized carbons (Fsp3) is 0.167. The van der Waals surface area contributed by atoms with Crippen LogP contribution in [0.4, 0.5) is 0 Å². The maximum atomic E-state index is 5.52. The Bertz CT molecular complexity index is 633. The Hall–Kier alpha value is -2.14. The van der Waals surface area contributed by atoms with Crippen LogP contribution in [0.25, 0.3) is 17.2 Å². The number of aryl methyl sites for hydroxylation is 1. The molecular weight excluding hydrogens is 214 g/mol. The Morgan fingerprint density at radius 3 is 2.94 bits per heavy atom. The third-order valence-electron chi connectivity index (χ3n) is 2.68. The third kappa shape index (κ3) is 1.70. The van der Waals surface area contributed by atoms with Crippen LogP contribution in [0.1, 0.15) is 11.3 Å². The van der Waals surface area contributed by atoms with E-state index in [1.165, 1.54) is 5.56 Å². The summed E-state index contributed by atoms with van der Waals surface area (Å²) in [5.74, 6) is 1.47. The highest BCUT2D eigenvalue weighted by Crippen LogP contribution is 2.17. The van der Waals surface area contributed by atoms with Gasteiger partial charge < -0.3 is 5.73 Å². The lowest BCUT2D eigenvalue weighted by atomic mass is 10.1. The van der Waals surface area contributed by atoms with Gasteiger partial charge in [0.2, 0.25) is 0 Å². The van der Waals surface area contributed by atoms with Crippen molar-refractivity contribution in [3.8, 4) is 11.4 Å². The van der Waals surface area contributed by atoms with Gasteiger partial charge in [0.05, 0.1) is 11.9 Å². The Balaban J connectivity index is 2.09. The van der Waals surface area contributed by atoms with E-state index >= 15 is 0 Å². The molecule has 17 heavy (non-hydrogen) atoms. The van der Waals surface area contributed by atoms with Gasteiger partial charge in [0.15, 0.2) is 5.82 Å². The molecule has 0 fully saturated rings. The van der Waals surface area contributed by atoms with E-state index in [0.717, 1.165) is 17.1 Å². The van der Waals surface area contributed by atoms with Crippen molar-refractivity contribution in [2.45, 2.75) is 13.5 Å². The second-order valence-electron chi connectivity index (χ2n) is 4.05. The summed E-state index contributed by atoms with van der Waals surface area (Å²) in [4.78, 5) is 8.73. The molecule has 0 radical (unpaired) electrons. The first-order valence-corrected chi connectivity index (χ1v) is 5.47. The van der Waals surface area contributed by atoms with Crippen LogP contribution in [0, 0.1) is 6.92 Å². The van der Waals surface area contributed by atoms with Gasteiger partial charge in [-0.05, 0) is 13.0 Å². The highest BCUT2D eigenvalue weighted by molar-refractivity contribution is 5.57. The molecule has 3 aromatic rings. The predicted octanol–water partition coefficient (Wildman–Crippen LogP) is 1.49. The summed E-state index contributed by atoms with van der Waals surface area (Å²) in [5, 5.41) is 3.18. The van der Waals surface area contributed by atoms with E-state index in [9.17, 15) is 0 Å². The van der Waals surface area contributed by atoms with Gasteiger partial charge in [-0.25, -0.2) is 9.50 Å². The monoisotopic (exact) mass is 227 g/mol. The lowest BCUT2D eigenvalue weighted by Crippen LogP contribution is -1.96. The van der Waals surface area contributed by atoms with Crippen molar-refractivity contribution in [3.63, 3.8) is 0 Å². The second-order valence-corrected chi connectivity index (χ2v) is 4.05. The van der Waals surface area contributed by atoms with E-state index in [1.54, 1.807) is 4.52 Å². The van der Waals surface area contributed by atoms with Crippen molar-refractivity contribution in [3.05, 3.63) is 41.7 Å². The molecule has 0 unspecified atom stereocenters. The zero-order valence-corrected chi connectivity index (χ0v) is 9.51. The van der Waals surface area contributed by atoms with Crippen LogP contribution in [0.3, 0.4) is 0 Å². The minimum Gasteiger partial charge on any atom is -0.325 e. The quantitative estimate of drug-likeness (QED) is 0.696. The molecule has 5 heteroatoms. The van der Waals surface area contributed by atoms with Crippen LogP contribution in [0.2, 0.25) is 0 Å². The number of benzene rings is 1. The summed E-state index contributed by atoms with van der Waals surface area (Å²) in [6, 6.07) is 8.18. The Labute approximate surface area is 98.3 Å². The molecule has 0 aliphatic rings. The summed E-state index contributed by atoms with van der Waals surface area (Å²) in [6.45, 7) is 2.49. The van der Waals surface area contributed by atoms with Crippen LogP contribution in [-0.2, 0) is 6.54 Å². The first kappa shape index (κ1) is 10.0. The molecule has 2 heterocycles. The lowest BCUT2D eigenvalue weighted by Gasteiger charge is -1.97. The van der Waals surface area contributed by atoms with Crippen molar-refractivity contribution < 1.29 is 0 Å². The van der Waals surface area contributed by atoms with Crippen molar-refractivity contribution in [1.82, 2.24) is 19.6 Å². The van der Waals surface area contributed by atoms with Gasteiger partial charge in [0.25, 0.3) is 5.78 Å². The van der Waals surface area contributed by atoms with Gasteiger partial charge in [-0.15, -0.1) is 0 Å². The average molecular weight is 227 g/mol. The van der Waals surface area contributed by atoms with Crippen molar-refractivity contribution in [1.29, 1.82) is 0 Å². The molecule has 0 saturated heterocycles. The zero-order valence-electron chi connectivity index (χ0n) is 9.51. The largest absolute Gasteiger partial charge is 0.325 e. The van der Waals surface area contributed by atoms with Crippen LogP contribution in [0.5, 0.6) is 0 Å². The number of nitrogens with one attached hydrogen (secondary N) is 1. The molecule has 2 aromatic heterocycles. The molecule has 0 aliphatic carbocycles. The molecular formula is C12H13N5. The topological polar surface area (TPSA) is 72.0 Å². The fourth-order valence-electron chi connectivity index (χ4n) is 1.84. The second kappa shape index (κ2) is 3.71. The number of fused-ring (bicyclic) bond motifs is 1. The van der Waals surface area contributed by atoms with E-state index in [-0.39, 0.29) is 0 Å². The molecule has 1 aromatic carbocycles. The van der Waals surface area contributed by atoms with Crippen LogP contribution in [-0.4, -0.2) is 19.6 Å². The molecule has 0 amide bonds. The molecule has 86 valence electrons. The van der Waals surface area contributed by atoms with Gasteiger partial charge >= 0.3 is 0 Å². The average Bonchev–Trinajstić information content (AvgIpc) is 2.86. The van der Waals surface area contributed by atoms with Crippen molar-refractivity contribution in [2.75, 3.05) is 0 Å². The van der Waals surface area contributed by atoms with Crippen molar-refractivity contribution in [2.24, 2.45) is 5.73 Å². The van der Waals surface area contributed by atoms with Gasteiger partial charge in [0, 0.05) is 12.1 Å². The summed E-state index contributed by atoms with van der Waals surface area (Å²) < 4.78 is 1.79. The van der Waals surface area contributed by atoms with E-state index in [1.807, 2.05) is 18.3 Å². The number of aromatic amines is 1. The number of imidazole rings is 1. The van der Waals surface area contributed by atoms with E-state index < -0.39 is 0 Å². The molecule has 3 rings (SSSR count). The van der Waals surface area contributed by atoms with Crippen molar-refractivity contribution >= 4 is 5.78 Å². The summed E-state index contributed by atoms with van der Waals surface area (Å²) in [7, 11) is 0. The highest BCUT2D eigenvalue weighted by Gasteiger charge is 2.07.